The molecule has 8 heteroatoms. The molecule has 35 heavy (non-hydrogen) atoms. The van der Waals surface area contributed by atoms with E-state index < -0.39 is 0 Å². The predicted octanol–water partition coefficient (Wildman–Crippen LogP) is 4.58. The number of aromatic amines is 1. The first-order valence-electron chi connectivity index (χ1n) is 11.9. The third kappa shape index (κ3) is 5.07. The lowest BCUT2D eigenvalue weighted by atomic mass is 9.97. The molecule has 1 atom stereocenters. The monoisotopic (exact) mass is 488 g/mol. The molecule has 2 aromatic carbocycles. The van der Waals surface area contributed by atoms with Gasteiger partial charge in [0.25, 0.3) is 5.56 Å². The van der Waals surface area contributed by atoms with Crippen LogP contribution in [0.25, 0.3) is 21.3 Å². The normalized spacial score (nSPS) is 15.8. The lowest BCUT2D eigenvalue weighted by molar-refractivity contribution is -0.125. The van der Waals surface area contributed by atoms with Gasteiger partial charge in [-0.2, -0.15) is 0 Å². The summed E-state index contributed by atoms with van der Waals surface area (Å²) in [6, 6.07) is 17.7. The number of ether oxygens (including phenoxy) is 1. The Hall–Kier alpha value is -3.65. The van der Waals surface area contributed by atoms with Crippen molar-refractivity contribution < 1.29 is 9.53 Å². The number of hydrogen-bond donors (Lipinski definition) is 2. The van der Waals surface area contributed by atoms with Crippen LogP contribution in [0.1, 0.15) is 25.3 Å². The number of fused-ring (bicyclic) bond motifs is 1. The number of carbonyl (C=O) groups excluding carboxylic acids is 1. The number of benzene rings is 2. The number of thiophene rings is 1. The Kier molecular flexibility index (Phi) is 6.81. The summed E-state index contributed by atoms with van der Waals surface area (Å²) in [7, 11) is 0. The molecule has 0 bridgehead atoms. The minimum Gasteiger partial charge on any atom is -0.494 e. The van der Waals surface area contributed by atoms with Crippen LogP contribution in [0.5, 0.6) is 5.75 Å². The second-order valence-corrected chi connectivity index (χ2v) is 9.55. The average Bonchev–Trinajstić information content (AvgIpc) is 3.33. The van der Waals surface area contributed by atoms with E-state index in [0.717, 1.165) is 41.8 Å². The van der Waals surface area contributed by atoms with Gasteiger partial charge in [0.2, 0.25) is 11.9 Å². The summed E-state index contributed by atoms with van der Waals surface area (Å²) in [5.41, 5.74) is 3.56. The number of hydrogen-bond acceptors (Lipinski definition) is 6. The summed E-state index contributed by atoms with van der Waals surface area (Å²) in [5.74, 6) is 1.17. The maximum absolute atomic E-state index is 13.0. The van der Waals surface area contributed by atoms with Crippen molar-refractivity contribution in [1.29, 1.82) is 0 Å². The van der Waals surface area contributed by atoms with E-state index in [4.69, 9.17) is 9.72 Å². The molecule has 1 aliphatic rings. The number of rotatable bonds is 7. The van der Waals surface area contributed by atoms with Crippen molar-refractivity contribution >= 4 is 33.4 Å². The Morgan fingerprint density at radius 1 is 1.23 bits per heavy atom. The standard InChI is InChI=1S/C27H28N4O3S/c1-2-34-21-12-6-8-18(14-21)15-28-25(32)20-11-7-13-31(16-20)27-29-23-22(19-9-4-3-5-10-19)17-35-24(23)26(33)30-27/h3-6,8-10,12,14,17,20H,2,7,11,13,15-16H2,1H3,(H,28,32)(H,29,30,33)/t20-/m0/s1. The minimum absolute atomic E-state index is 0.0143. The van der Waals surface area contributed by atoms with Gasteiger partial charge in [0.1, 0.15) is 10.4 Å². The summed E-state index contributed by atoms with van der Waals surface area (Å²) in [4.78, 5) is 35.6. The number of carbonyl (C=O) groups is 1. The summed E-state index contributed by atoms with van der Waals surface area (Å²) in [6.07, 6.45) is 1.66. The molecule has 0 aliphatic carbocycles. The molecule has 1 fully saturated rings. The Balaban J connectivity index is 1.31. The van der Waals surface area contributed by atoms with Gasteiger partial charge in [-0.3, -0.25) is 14.6 Å². The van der Waals surface area contributed by atoms with Crippen molar-refractivity contribution in [3.05, 3.63) is 75.9 Å². The van der Waals surface area contributed by atoms with Crippen LogP contribution in [0.15, 0.2) is 64.8 Å². The maximum atomic E-state index is 13.0. The molecule has 2 aromatic heterocycles. The summed E-state index contributed by atoms with van der Waals surface area (Å²) in [6.45, 7) is 4.27. The van der Waals surface area contributed by atoms with E-state index in [0.29, 0.717) is 35.9 Å². The van der Waals surface area contributed by atoms with Gasteiger partial charge in [-0.25, -0.2) is 4.98 Å². The average molecular weight is 489 g/mol. The topological polar surface area (TPSA) is 87.3 Å². The van der Waals surface area contributed by atoms with E-state index in [2.05, 4.69) is 10.3 Å². The van der Waals surface area contributed by atoms with Gasteiger partial charge in [-0.05, 0) is 43.0 Å². The van der Waals surface area contributed by atoms with Gasteiger partial charge in [0, 0.05) is 30.6 Å². The van der Waals surface area contributed by atoms with E-state index in [1.807, 2.05) is 71.8 Å². The molecule has 0 unspecified atom stereocenters. The van der Waals surface area contributed by atoms with Gasteiger partial charge in [0.05, 0.1) is 18.0 Å². The number of H-pyrrole nitrogens is 1. The number of nitrogens with one attached hydrogen (secondary N) is 2. The summed E-state index contributed by atoms with van der Waals surface area (Å²) in [5, 5.41) is 5.05. The van der Waals surface area contributed by atoms with E-state index in [1.54, 1.807) is 0 Å². The van der Waals surface area contributed by atoms with Gasteiger partial charge in [0.15, 0.2) is 0 Å². The van der Waals surface area contributed by atoms with Crippen LogP contribution in [-0.4, -0.2) is 35.6 Å². The van der Waals surface area contributed by atoms with Crippen molar-refractivity contribution in [3.63, 3.8) is 0 Å². The fraction of sp³-hybridized carbons (Fsp3) is 0.296. The lowest BCUT2D eigenvalue weighted by Gasteiger charge is -2.32. The highest BCUT2D eigenvalue weighted by Crippen LogP contribution is 2.32. The number of nitrogens with zero attached hydrogens (tertiary/aromatic N) is 2. The maximum Gasteiger partial charge on any atom is 0.270 e. The molecule has 3 heterocycles. The number of amides is 1. The first kappa shape index (κ1) is 23.1. The van der Waals surface area contributed by atoms with Crippen molar-refractivity contribution in [2.75, 3.05) is 24.6 Å². The molecule has 0 saturated carbocycles. The zero-order valence-corrected chi connectivity index (χ0v) is 20.4. The quantitative estimate of drug-likeness (QED) is 0.398. The second-order valence-electron chi connectivity index (χ2n) is 8.67. The number of anilines is 1. The van der Waals surface area contributed by atoms with Crippen LogP contribution in [0, 0.1) is 5.92 Å². The van der Waals surface area contributed by atoms with Crippen LogP contribution in [-0.2, 0) is 11.3 Å². The number of piperidine rings is 1. The van der Waals surface area contributed by atoms with Gasteiger partial charge in [-0.1, -0.05) is 42.5 Å². The summed E-state index contributed by atoms with van der Waals surface area (Å²) >= 11 is 1.41. The van der Waals surface area contributed by atoms with Crippen molar-refractivity contribution in [2.24, 2.45) is 5.92 Å². The molecule has 1 aliphatic heterocycles. The molecule has 0 spiro atoms. The predicted molar refractivity (Wildman–Crippen MR) is 140 cm³/mol. The first-order chi connectivity index (χ1) is 17.1. The molecule has 0 radical (unpaired) electrons. The highest BCUT2D eigenvalue weighted by Gasteiger charge is 2.27. The van der Waals surface area contributed by atoms with Crippen molar-refractivity contribution in [2.45, 2.75) is 26.3 Å². The zero-order chi connectivity index (χ0) is 24.2. The van der Waals surface area contributed by atoms with Crippen LogP contribution in [0.3, 0.4) is 0 Å². The summed E-state index contributed by atoms with van der Waals surface area (Å²) < 4.78 is 6.17. The molecule has 180 valence electrons. The lowest BCUT2D eigenvalue weighted by Crippen LogP contribution is -2.44. The third-order valence-corrected chi connectivity index (χ3v) is 7.23. The molecule has 5 rings (SSSR count). The molecular weight excluding hydrogens is 460 g/mol. The molecule has 7 nitrogen and oxygen atoms in total. The van der Waals surface area contributed by atoms with Gasteiger partial charge >= 0.3 is 0 Å². The number of aromatic nitrogens is 2. The Labute approximate surface area is 207 Å². The van der Waals surface area contributed by atoms with Crippen LogP contribution in [0.2, 0.25) is 0 Å². The highest BCUT2D eigenvalue weighted by atomic mass is 32.1. The van der Waals surface area contributed by atoms with Crippen LogP contribution in [0.4, 0.5) is 5.95 Å². The van der Waals surface area contributed by atoms with Gasteiger partial charge < -0.3 is 15.0 Å². The first-order valence-corrected chi connectivity index (χ1v) is 12.8. The Morgan fingerprint density at radius 2 is 2.09 bits per heavy atom. The van der Waals surface area contributed by atoms with Crippen LogP contribution < -0.4 is 20.5 Å². The molecule has 4 aromatic rings. The fourth-order valence-electron chi connectivity index (χ4n) is 4.52. The minimum atomic E-state index is -0.170. The van der Waals surface area contributed by atoms with E-state index in [-0.39, 0.29) is 17.4 Å². The molecule has 1 saturated heterocycles. The van der Waals surface area contributed by atoms with E-state index in [1.165, 1.54) is 11.3 Å². The third-order valence-electron chi connectivity index (χ3n) is 6.27. The largest absolute Gasteiger partial charge is 0.494 e. The molecule has 1 amide bonds. The molecule has 2 N–H and O–H groups in total. The Bertz CT molecular complexity index is 1380. The fourth-order valence-corrected chi connectivity index (χ4v) is 5.43. The van der Waals surface area contributed by atoms with Gasteiger partial charge in [-0.15, -0.1) is 11.3 Å². The smallest absolute Gasteiger partial charge is 0.270 e. The zero-order valence-electron chi connectivity index (χ0n) is 19.6. The van der Waals surface area contributed by atoms with E-state index in [9.17, 15) is 9.59 Å². The molecular formula is C27H28N4O3S. The Morgan fingerprint density at radius 3 is 2.91 bits per heavy atom. The van der Waals surface area contributed by atoms with Crippen molar-refractivity contribution in [1.82, 2.24) is 15.3 Å². The SMILES string of the molecule is CCOc1cccc(CNC(=O)[C@H]2CCCN(c3nc4c(-c5ccccc5)csc4c(=O)[nH]3)C2)c1. The van der Waals surface area contributed by atoms with E-state index >= 15 is 0 Å². The van der Waals surface area contributed by atoms with Crippen LogP contribution >= 0.6 is 11.3 Å². The highest BCUT2D eigenvalue weighted by molar-refractivity contribution is 7.17. The second kappa shape index (κ2) is 10.3. The van der Waals surface area contributed by atoms with Crippen molar-refractivity contribution in [3.8, 4) is 16.9 Å².